The van der Waals surface area contributed by atoms with Crippen LogP contribution in [0.15, 0.2) is 36.0 Å². The van der Waals surface area contributed by atoms with Crippen LogP contribution in [0, 0.1) is 10.8 Å². The second kappa shape index (κ2) is 11.6. The number of hydrogen-bond donors (Lipinski definition) is 2. The largest absolute Gasteiger partial charge is 0.309 e. The maximum Gasteiger partial charge on any atom is 0.0612 e. The highest BCUT2D eigenvalue weighted by molar-refractivity contribution is 6.11. The molecule has 0 atom stereocenters. The molecule has 0 aromatic carbocycles. The smallest absolute Gasteiger partial charge is 0.0612 e. The molecule has 0 unspecified atom stereocenters. The SMILES string of the molecule is CC.CC.N=C/C=C1/C=CC=CC1=N. The zero-order valence-electron chi connectivity index (χ0n) is 9.46. The van der Waals surface area contributed by atoms with Crippen LogP contribution in [0.2, 0.25) is 0 Å². The van der Waals surface area contributed by atoms with Crippen LogP contribution >= 0.6 is 0 Å². The van der Waals surface area contributed by atoms with Crippen molar-refractivity contribution in [1.29, 1.82) is 10.8 Å². The summed E-state index contributed by atoms with van der Waals surface area (Å²) >= 11 is 0. The van der Waals surface area contributed by atoms with Crippen molar-refractivity contribution in [2.45, 2.75) is 27.7 Å². The minimum atomic E-state index is 0.464. The highest BCUT2D eigenvalue weighted by Gasteiger charge is 1.97. The summed E-state index contributed by atoms with van der Waals surface area (Å²) in [7, 11) is 0. The van der Waals surface area contributed by atoms with Crippen molar-refractivity contribution < 1.29 is 0 Å². The molecule has 0 saturated heterocycles. The topological polar surface area (TPSA) is 47.7 Å². The summed E-state index contributed by atoms with van der Waals surface area (Å²) in [5.41, 5.74) is 1.25. The molecule has 1 rings (SSSR count). The van der Waals surface area contributed by atoms with Gasteiger partial charge < -0.3 is 10.8 Å². The lowest BCUT2D eigenvalue weighted by molar-refractivity contribution is 1.49. The highest BCUT2D eigenvalue weighted by Crippen LogP contribution is 2.04. The van der Waals surface area contributed by atoms with Gasteiger partial charge in [-0.25, -0.2) is 0 Å². The molecule has 0 fully saturated rings. The van der Waals surface area contributed by atoms with Crippen LogP contribution in [0.25, 0.3) is 0 Å². The van der Waals surface area contributed by atoms with Crippen LogP contribution in [-0.2, 0) is 0 Å². The molecule has 2 N–H and O–H groups in total. The minimum Gasteiger partial charge on any atom is -0.309 e. The standard InChI is InChI=1S/C8H8N2.2C2H6/c9-6-5-7-3-1-2-4-8(7)10;2*1-2/h1-6,9-10H;2*1-2H3/b7-5-,9-6?,10-8?;;. The lowest BCUT2D eigenvalue weighted by Crippen LogP contribution is -1.97. The van der Waals surface area contributed by atoms with Crippen LogP contribution in [0.5, 0.6) is 0 Å². The van der Waals surface area contributed by atoms with Crippen molar-refractivity contribution in [3.05, 3.63) is 36.0 Å². The average Bonchev–Trinajstić information content (AvgIpc) is 2.28. The van der Waals surface area contributed by atoms with E-state index in [2.05, 4.69) is 0 Å². The van der Waals surface area contributed by atoms with Crippen LogP contribution in [0.4, 0.5) is 0 Å². The first-order valence-corrected chi connectivity index (χ1v) is 4.99. The summed E-state index contributed by atoms with van der Waals surface area (Å²) in [6.45, 7) is 8.00. The molecule has 0 aromatic heterocycles. The third-order valence-corrected chi connectivity index (χ3v) is 1.22. The zero-order valence-corrected chi connectivity index (χ0v) is 9.46. The van der Waals surface area contributed by atoms with E-state index in [9.17, 15) is 0 Å². The van der Waals surface area contributed by atoms with Gasteiger partial charge in [0.25, 0.3) is 0 Å². The van der Waals surface area contributed by atoms with Gasteiger partial charge in [0.15, 0.2) is 0 Å². The van der Waals surface area contributed by atoms with Gasteiger partial charge in [-0.05, 0) is 12.2 Å². The van der Waals surface area contributed by atoms with E-state index in [1.807, 2.05) is 45.9 Å². The van der Waals surface area contributed by atoms with E-state index in [1.165, 1.54) is 6.21 Å². The molecule has 0 aromatic rings. The quantitative estimate of drug-likeness (QED) is 0.594. The molecular formula is C12H20N2. The monoisotopic (exact) mass is 192 g/mol. The Morgan fingerprint density at radius 1 is 1.00 bits per heavy atom. The lowest BCUT2D eigenvalue weighted by Gasteiger charge is -2.00. The van der Waals surface area contributed by atoms with Gasteiger partial charge in [0.1, 0.15) is 0 Å². The van der Waals surface area contributed by atoms with Crippen molar-refractivity contribution in [3.63, 3.8) is 0 Å². The van der Waals surface area contributed by atoms with Crippen molar-refractivity contribution in [2.24, 2.45) is 0 Å². The Hall–Kier alpha value is -1.44. The van der Waals surface area contributed by atoms with Gasteiger partial charge in [-0.15, -0.1) is 0 Å². The Morgan fingerprint density at radius 3 is 1.93 bits per heavy atom. The number of hydrogen-bond acceptors (Lipinski definition) is 2. The lowest BCUT2D eigenvalue weighted by atomic mass is 10.1. The zero-order chi connectivity index (χ0) is 11.4. The fourth-order valence-corrected chi connectivity index (χ4v) is 0.732. The predicted molar refractivity (Wildman–Crippen MR) is 65.6 cm³/mol. The maximum atomic E-state index is 7.34. The molecular weight excluding hydrogens is 172 g/mol. The summed E-state index contributed by atoms with van der Waals surface area (Å²) < 4.78 is 0. The first-order valence-electron chi connectivity index (χ1n) is 4.99. The van der Waals surface area contributed by atoms with E-state index in [1.54, 1.807) is 12.2 Å². The molecule has 14 heavy (non-hydrogen) atoms. The average molecular weight is 192 g/mol. The molecule has 78 valence electrons. The molecule has 1 aliphatic carbocycles. The molecule has 0 heterocycles. The van der Waals surface area contributed by atoms with Gasteiger partial charge >= 0.3 is 0 Å². The van der Waals surface area contributed by atoms with Gasteiger partial charge in [-0.2, -0.15) is 0 Å². The Labute approximate surface area is 87.1 Å². The second-order valence-corrected chi connectivity index (χ2v) is 1.92. The van der Waals surface area contributed by atoms with Gasteiger partial charge in [0.05, 0.1) is 5.71 Å². The number of rotatable bonds is 1. The van der Waals surface area contributed by atoms with Crippen LogP contribution in [0.1, 0.15) is 27.7 Å². The molecule has 0 radical (unpaired) electrons. The normalized spacial score (nSPS) is 15.1. The summed E-state index contributed by atoms with van der Waals surface area (Å²) in [5.74, 6) is 0. The van der Waals surface area contributed by atoms with Crippen molar-refractivity contribution >= 4 is 11.9 Å². The number of nitrogens with one attached hydrogen (secondary N) is 2. The third-order valence-electron chi connectivity index (χ3n) is 1.22. The van der Waals surface area contributed by atoms with E-state index in [0.29, 0.717) is 5.71 Å². The molecule has 0 spiro atoms. The van der Waals surface area contributed by atoms with Crippen molar-refractivity contribution in [3.8, 4) is 0 Å². The van der Waals surface area contributed by atoms with E-state index >= 15 is 0 Å². The Balaban J connectivity index is 0. The van der Waals surface area contributed by atoms with E-state index in [4.69, 9.17) is 10.8 Å². The Kier molecular flexibility index (Phi) is 12.4. The van der Waals surface area contributed by atoms with Crippen molar-refractivity contribution in [1.82, 2.24) is 0 Å². The van der Waals surface area contributed by atoms with E-state index in [-0.39, 0.29) is 0 Å². The van der Waals surface area contributed by atoms with Crippen LogP contribution in [0.3, 0.4) is 0 Å². The van der Waals surface area contributed by atoms with Gasteiger partial charge in [-0.1, -0.05) is 45.9 Å². The van der Waals surface area contributed by atoms with Gasteiger partial charge in [0.2, 0.25) is 0 Å². The summed E-state index contributed by atoms with van der Waals surface area (Å²) in [6, 6.07) is 0. The molecule has 2 nitrogen and oxygen atoms in total. The predicted octanol–water partition coefficient (Wildman–Crippen LogP) is 3.76. The van der Waals surface area contributed by atoms with Crippen LogP contribution in [-0.4, -0.2) is 11.9 Å². The maximum absolute atomic E-state index is 7.34. The molecule has 0 saturated carbocycles. The second-order valence-electron chi connectivity index (χ2n) is 1.92. The summed E-state index contributed by atoms with van der Waals surface area (Å²) in [6.07, 6.45) is 9.97. The fraction of sp³-hybridized carbons (Fsp3) is 0.333. The van der Waals surface area contributed by atoms with Crippen LogP contribution < -0.4 is 0 Å². The van der Waals surface area contributed by atoms with E-state index in [0.717, 1.165) is 5.57 Å². The van der Waals surface area contributed by atoms with Crippen molar-refractivity contribution in [2.75, 3.05) is 0 Å². The molecule has 1 aliphatic rings. The molecule has 0 bridgehead atoms. The summed E-state index contributed by atoms with van der Waals surface area (Å²) in [4.78, 5) is 0. The first kappa shape index (κ1) is 15.1. The molecule has 2 heteroatoms. The fourth-order valence-electron chi connectivity index (χ4n) is 0.732. The highest BCUT2D eigenvalue weighted by atomic mass is 14.4. The van der Waals surface area contributed by atoms with E-state index < -0.39 is 0 Å². The minimum absolute atomic E-state index is 0.464. The third kappa shape index (κ3) is 6.12. The Bertz CT molecular complexity index is 245. The van der Waals surface area contributed by atoms with Gasteiger partial charge in [-0.3, -0.25) is 0 Å². The Morgan fingerprint density at radius 2 is 1.50 bits per heavy atom. The first-order chi connectivity index (χ1) is 6.84. The van der Waals surface area contributed by atoms with Gasteiger partial charge in [0, 0.05) is 11.8 Å². The molecule has 0 aliphatic heterocycles. The molecule has 0 amide bonds. The summed E-state index contributed by atoms with van der Waals surface area (Å²) in [5, 5.41) is 14.1. The number of allylic oxidation sites excluding steroid dienone is 6.